The van der Waals surface area contributed by atoms with Crippen molar-refractivity contribution in [2.45, 2.75) is 18.9 Å². The molecule has 1 atom stereocenters. The van der Waals surface area contributed by atoms with E-state index < -0.39 is 0 Å². The zero-order valence-corrected chi connectivity index (χ0v) is 11.2. The van der Waals surface area contributed by atoms with Gasteiger partial charge >= 0.3 is 0 Å². The fraction of sp³-hybridized carbons (Fsp3) is 0.400. The first-order valence-electron chi connectivity index (χ1n) is 6.57. The van der Waals surface area contributed by atoms with E-state index in [0.717, 1.165) is 30.7 Å². The molecule has 0 aliphatic carbocycles. The van der Waals surface area contributed by atoms with Crippen LogP contribution in [0.15, 0.2) is 30.3 Å². The second kappa shape index (κ2) is 6.38. The van der Waals surface area contributed by atoms with Crippen LogP contribution in [-0.2, 0) is 4.79 Å². The third-order valence-electron chi connectivity index (χ3n) is 3.47. The van der Waals surface area contributed by atoms with E-state index >= 15 is 0 Å². The molecule has 2 N–H and O–H groups in total. The van der Waals surface area contributed by atoms with Gasteiger partial charge in [-0.2, -0.15) is 0 Å². The topological polar surface area (TPSA) is 55.6 Å². The number of amides is 1. The second-order valence-electron chi connectivity index (χ2n) is 4.67. The molecule has 4 nitrogen and oxygen atoms in total. The van der Waals surface area contributed by atoms with E-state index in [-0.39, 0.29) is 11.9 Å². The van der Waals surface area contributed by atoms with E-state index in [1.54, 1.807) is 13.2 Å². The van der Waals surface area contributed by atoms with Gasteiger partial charge in [-0.15, -0.1) is 0 Å². The molecule has 102 valence electrons. The number of likely N-dealkylation sites (tertiary alicyclic amines) is 1. The summed E-state index contributed by atoms with van der Waals surface area (Å²) in [4.78, 5) is 13.9. The molecule has 0 aromatic heterocycles. The summed E-state index contributed by atoms with van der Waals surface area (Å²) in [5.41, 5.74) is 6.65. The number of hydrogen-bond donors (Lipinski definition) is 1. The molecule has 0 saturated carbocycles. The molecule has 1 aromatic carbocycles. The molecule has 1 saturated heterocycles. The van der Waals surface area contributed by atoms with Gasteiger partial charge in [0.25, 0.3) is 0 Å². The predicted octanol–water partition coefficient (Wildman–Crippen LogP) is 1.66. The van der Waals surface area contributed by atoms with Crippen molar-refractivity contribution in [2.24, 2.45) is 5.73 Å². The lowest BCUT2D eigenvalue weighted by atomic mass is 10.2. The number of carbonyl (C=O) groups is 1. The van der Waals surface area contributed by atoms with Gasteiger partial charge in [-0.25, -0.2) is 0 Å². The van der Waals surface area contributed by atoms with Crippen molar-refractivity contribution in [3.63, 3.8) is 0 Å². The van der Waals surface area contributed by atoms with E-state index in [1.165, 1.54) is 0 Å². The third-order valence-corrected chi connectivity index (χ3v) is 3.47. The average Bonchev–Trinajstić information content (AvgIpc) is 2.93. The zero-order valence-electron chi connectivity index (χ0n) is 11.2. The Bertz CT molecular complexity index is 454. The van der Waals surface area contributed by atoms with E-state index in [1.807, 2.05) is 35.2 Å². The Kier molecular flexibility index (Phi) is 4.58. The van der Waals surface area contributed by atoms with Gasteiger partial charge in [-0.05, 0) is 36.6 Å². The average molecular weight is 260 g/mol. The Morgan fingerprint density at radius 1 is 1.47 bits per heavy atom. The molecule has 4 heteroatoms. The van der Waals surface area contributed by atoms with Crippen LogP contribution in [-0.4, -0.2) is 37.0 Å². The minimum Gasteiger partial charge on any atom is -0.497 e. The summed E-state index contributed by atoms with van der Waals surface area (Å²) < 4.78 is 5.09. The number of ether oxygens (including phenoxy) is 1. The van der Waals surface area contributed by atoms with Gasteiger partial charge in [0.15, 0.2) is 0 Å². The molecular weight excluding hydrogens is 240 g/mol. The Morgan fingerprint density at radius 3 is 2.84 bits per heavy atom. The Labute approximate surface area is 113 Å². The maximum Gasteiger partial charge on any atom is 0.246 e. The molecule has 1 amide bonds. The largest absolute Gasteiger partial charge is 0.497 e. The van der Waals surface area contributed by atoms with Crippen molar-refractivity contribution in [2.75, 3.05) is 20.2 Å². The van der Waals surface area contributed by atoms with Crippen molar-refractivity contribution < 1.29 is 9.53 Å². The SMILES string of the molecule is COc1ccc(/C=C/C(=O)N2CCCC2CN)cc1. The van der Waals surface area contributed by atoms with E-state index in [0.29, 0.717) is 6.54 Å². The van der Waals surface area contributed by atoms with Crippen molar-refractivity contribution in [1.82, 2.24) is 4.90 Å². The highest BCUT2D eigenvalue weighted by Crippen LogP contribution is 2.17. The summed E-state index contributed by atoms with van der Waals surface area (Å²) >= 11 is 0. The maximum atomic E-state index is 12.1. The number of hydrogen-bond acceptors (Lipinski definition) is 3. The van der Waals surface area contributed by atoms with E-state index in [2.05, 4.69) is 0 Å². The van der Waals surface area contributed by atoms with Crippen LogP contribution in [0.2, 0.25) is 0 Å². The smallest absolute Gasteiger partial charge is 0.246 e. The first-order valence-corrected chi connectivity index (χ1v) is 6.57. The molecular formula is C15H20N2O2. The standard InChI is InChI=1S/C15H20N2O2/c1-19-14-7-4-12(5-8-14)6-9-15(18)17-10-2-3-13(17)11-16/h4-9,13H,2-3,10-11,16H2,1H3/b9-6+. The van der Waals surface area contributed by atoms with Crippen molar-refractivity contribution in [1.29, 1.82) is 0 Å². The molecule has 1 fully saturated rings. The lowest BCUT2D eigenvalue weighted by molar-refractivity contribution is -0.126. The van der Waals surface area contributed by atoms with Gasteiger partial charge in [-0.3, -0.25) is 4.79 Å². The molecule has 1 heterocycles. The monoisotopic (exact) mass is 260 g/mol. The highest BCUT2D eigenvalue weighted by molar-refractivity contribution is 5.92. The number of rotatable bonds is 4. The lowest BCUT2D eigenvalue weighted by Crippen LogP contribution is -2.38. The molecule has 1 aliphatic rings. The normalized spacial score (nSPS) is 19.1. The number of nitrogens with two attached hydrogens (primary N) is 1. The highest BCUT2D eigenvalue weighted by atomic mass is 16.5. The molecule has 0 bridgehead atoms. The quantitative estimate of drug-likeness (QED) is 0.838. The molecule has 1 aliphatic heterocycles. The van der Waals surface area contributed by atoms with Crippen molar-refractivity contribution in [3.8, 4) is 5.75 Å². The molecule has 2 rings (SSSR count). The van der Waals surface area contributed by atoms with Gasteiger partial charge in [0.1, 0.15) is 5.75 Å². The summed E-state index contributed by atoms with van der Waals surface area (Å²) in [5, 5.41) is 0. The lowest BCUT2D eigenvalue weighted by Gasteiger charge is -2.21. The van der Waals surface area contributed by atoms with Crippen LogP contribution in [0.5, 0.6) is 5.75 Å². The number of methoxy groups -OCH3 is 1. The van der Waals surface area contributed by atoms with E-state index in [9.17, 15) is 4.79 Å². The van der Waals surface area contributed by atoms with Gasteiger partial charge in [0, 0.05) is 25.2 Å². The fourth-order valence-corrected chi connectivity index (χ4v) is 2.35. The van der Waals surface area contributed by atoms with Crippen LogP contribution < -0.4 is 10.5 Å². The fourth-order valence-electron chi connectivity index (χ4n) is 2.35. The summed E-state index contributed by atoms with van der Waals surface area (Å²) in [6.45, 7) is 1.36. The minimum absolute atomic E-state index is 0.0452. The third kappa shape index (κ3) is 3.35. The van der Waals surface area contributed by atoms with Crippen LogP contribution in [0, 0.1) is 0 Å². The summed E-state index contributed by atoms with van der Waals surface area (Å²) in [6.07, 6.45) is 5.51. The number of nitrogens with zero attached hydrogens (tertiary/aromatic N) is 1. The summed E-state index contributed by atoms with van der Waals surface area (Å²) in [7, 11) is 1.63. The molecule has 1 unspecified atom stereocenters. The highest BCUT2D eigenvalue weighted by Gasteiger charge is 2.25. The van der Waals surface area contributed by atoms with Crippen LogP contribution in [0.3, 0.4) is 0 Å². The predicted molar refractivity (Wildman–Crippen MR) is 75.8 cm³/mol. The van der Waals surface area contributed by atoms with Crippen molar-refractivity contribution >= 4 is 12.0 Å². The van der Waals surface area contributed by atoms with Crippen LogP contribution in [0.4, 0.5) is 0 Å². The number of benzene rings is 1. The molecule has 0 spiro atoms. The van der Waals surface area contributed by atoms with Crippen LogP contribution >= 0.6 is 0 Å². The summed E-state index contributed by atoms with van der Waals surface area (Å²) in [6, 6.07) is 7.80. The van der Waals surface area contributed by atoms with Gasteiger partial charge in [0.2, 0.25) is 5.91 Å². The first kappa shape index (κ1) is 13.6. The second-order valence-corrected chi connectivity index (χ2v) is 4.67. The zero-order chi connectivity index (χ0) is 13.7. The number of carbonyl (C=O) groups excluding carboxylic acids is 1. The van der Waals surface area contributed by atoms with Gasteiger partial charge in [-0.1, -0.05) is 12.1 Å². The van der Waals surface area contributed by atoms with Gasteiger partial charge < -0.3 is 15.4 Å². The molecule has 1 aromatic rings. The maximum absolute atomic E-state index is 12.1. The van der Waals surface area contributed by atoms with Crippen molar-refractivity contribution in [3.05, 3.63) is 35.9 Å². The molecule has 0 radical (unpaired) electrons. The molecule has 19 heavy (non-hydrogen) atoms. The Balaban J connectivity index is 1.99. The van der Waals surface area contributed by atoms with E-state index in [4.69, 9.17) is 10.5 Å². The summed E-state index contributed by atoms with van der Waals surface area (Å²) in [5.74, 6) is 0.856. The Morgan fingerprint density at radius 2 is 2.21 bits per heavy atom. The van der Waals surface area contributed by atoms with Crippen LogP contribution in [0.25, 0.3) is 6.08 Å². The van der Waals surface area contributed by atoms with Crippen LogP contribution in [0.1, 0.15) is 18.4 Å². The Hall–Kier alpha value is -1.81. The van der Waals surface area contributed by atoms with Gasteiger partial charge in [0.05, 0.1) is 7.11 Å². The first-order chi connectivity index (χ1) is 9.24. The minimum atomic E-state index is 0.0452.